The fraction of sp³-hybridized carbons (Fsp3) is 0.562. The van der Waals surface area contributed by atoms with Crippen molar-refractivity contribution in [1.29, 1.82) is 0 Å². The smallest absolute Gasteiger partial charge is 0.316 e. The minimum Gasteiger partial charge on any atom is -0.462 e. The predicted octanol–water partition coefficient (Wildman–Crippen LogP) is 1.74. The van der Waals surface area contributed by atoms with Gasteiger partial charge in [-0.1, -0.05) is 0 Å². The van der Waals surface area contributed by atoms with E-state index in [-0.39, 0.29) is 0 Å². The van der Waals surface area contributed by atoms with Gasteiger partial charge in [0.2, 0.25) is 0 Å². The van der Waals surface area contributed by atoms with Crippen LogP contribution in [0.5, 0.6) is 6.01 Å². The molecule has 0 radical (unpaired) electrons. The van der Waals surface area contributed by atoms with Gasteiger partial charge in [-0.25, -0.2) is 9.97 Å². The summed E-state index contributed by atoms with van der Waals surface area (Å²) in [4.78, 5) is 10.8. The van der Waals surface area contributed by atoms with Crippen LogP contribution in [0.25, 0.3) is 0 Å². The number of aromatic nitrogens is 4. The largest absolute Gasteiger partial charge is 0.462 e. The number of fused-ring (bicyclic) bond motifs is 1. The number of nitrogens with zero attached hydrogens (tertiary/aromatic N) is 5. The average molecular weight is 299 g/mol. The number of rotatable bonds is 5. The molecule has 0 aromatic carbocycles. The lowest BCUT2D eigenvalue weighted by molar-refractivity contribution is 0.115. The molecular weight excluding hydrogens is 278 g/mol. The summed E-state index contributed by atoms with van der Waals surface area (Å²) in [6, 6.07) is 4.79. The van der Waals surface area contributed by atoms with Gasteiger partial charge >= 0.3 is 6.01 Å². The van der Waals surface area contributed by atoms with Gasteiger partial charge in [0, 0.05) is 44.3 Å². The third-order valence-electron chi connectivity index (χ3n) is 4.50. The fourth-order valence-corrected chi connectivity index (χ4v) is 3.05. The lowest BCUT2D eigenvalue weighted by atomic mass is 10.1. The van der Waals surface area contributed by atoms with Gasteiger partial charge in [0.05, 0.1) is 5.69 Å². The third-order valence-corrected chi connectivity index (χ3v) is 4.50. The summed E-state index contributed by atoms with van der Waals surface area (Å²) in [7, 11) is 0. The highest BCUT2D eigenvalue weighted by molar-refractivity contribution is 5.03. The van der Waals surface area contributed by atoms with E-state index in [1.807, 2.05) is 6.20 Å². The summed E-state index contributed by atoms with van der Waals surface area (Å²) in [5.41, 5.74) is 1.30. The molecule has 2 aliphatic rings. The Hall–Kier alpha value is -1.95. The van der Waals surface area contributed by atoms with E-state index in [1.54, 1.807) is 18.5 Å². The lowest BCUT2D eigenvalue weighted by Crippen LogP contribution is -2.39. The van der Waals surface area contributed by atoms with Gasteiger partial charge in [0.15, 0.2) is 0 Å². The molecule has 1 aliphatic heterocycles. The van der Waals surface area contributed by atoms with E-state index in [0.29, 0.717) is 18.7 Å². The zero-order valence-electron chi connectivity index (χ0n) is 12.6. The molecular formula is C16H21N5O. The van der Waals surface area contributed by atoms with E-state index in [0.717, 1.165) is 32.0 Å². The number of hydrogen-bond acceptors (Lipinski definition) is 5. The summed E-state index contributed by atoms with van der Waals surface area (Å²) in [6.07, 6.45) is 9.11. The zero-order valence-corrected chi connectivity index (χ0v) is 12.6. The van der Waals surface area contributed by atoms with Crippen molar-refractivity contribution >= 4 is 0 Å². The van der Waals surface area contributed by atoms with Gasteiger partial charge in [0.25, 0.3) is 0 Å². The first-order chi connectivity index (χ1) is 10.9. The van der Waals surface area contributed by atoms with Gasteiger partial charge < -0.3 is 4.74 Å². The molecule has 22 heavy (non-hydrogen) atoms. The predicted molar refractivity (Wildman–Crippen MR) is 81.3 cm³/mol. The average Bonchev–Trinajstić information content (AvgIpc) is 3.29. The van der Waals surface area contributed by atoms with Crippen molar-refractivity contribution in [3.63, 3.8) is 0 Å². The maximum Gasteiger partial charge on any atom is 0.316 e. The molecule has 6 heteroatoms. The minimum absolute atomic E-state index is 0.395. The van der Waals surface area contributed by atoms with Crippen molar-refractivity contribution in [2.75, 3.05) is 13.2 Å². The SMILES string of the molecule is c1cnc(OCC2CCn3nccc3CN2CC2CC2)nc1. The van der Waals surface area contributed by atoms with Crippen LogP contribution < -0.4 is 4.74 Å². The fourth-order valence-electron chi connectivity index (χ4n) is 3.05. The number of hydrogen-bond donors (Lipinski definition) is 0. The Balaban J connectivity index is 1.45. The number of aryl methyl sites for hydroxylation is 1. The highest BCUT2D eigenvalue weighted by atomic mass is 16.5. The molecule has 1 aliphatic carbocycles. The molecule has 1 atom stereocenters. The molecule has 1 saturated carbocycles. The summed E-state index contributed by atoms with van der Waals surface area (Å²) in [6.45, 7) is 3.71. The van der Waals surface area contributed by atoms with Crippen LogP contribution in [0.15, 0.2) is 30.7 Å². The van der Waals surface area contributed by atoms with E-state index in [2.05, 4.69) is 30.7 Å². The van der Waals surface area contributed by atoms with Crippen molar-refractivity contribution < 1.29 is 4.74 Å². The van der Waals surface area contributed by atoms with E-state index in [1.165, 1.54) is 18.5 Å². The summed E-state index contributed by atoms with van der Waals surface area (Å²) in [5.74, 6) is 0.866. The van der Waals surface area contributed by atoms with E-state index in [9.17, 15) is 0 Å². The highest BCUT2D eigenvalue weighted by Crippen LogP contribution is 2.32. The van der Waals surface area contributed by atoms with Crippen molar-refractivity contribution in [1.82, 2.24) is 24.6 Å². The maximum atomic E-state index is 5.82. The van der Waals surface area contributed by atoms with Crippen LogP contribution in [0.2, 0.25) is 0 Å². The molecule has 3 heterocycles. The second kappa shape index (κ2) is 6.04. The third kappa shape index (κ3) is 3.11. The van der Waals surface area contributed by atoms with Crippen LogP contribution in [0.4, 0.5) is 0 Å². The summed E-state index contributed by atoms with van der Waals surface area (Å²) < 4.78 is 7.94. The van der Waals surface area contributed by atoms with Crippen molar-refractivity contribution in [2.24, 2.45) is 5.92 Å². The van der Waals surface area contributed by atoms with Crippen LogP contribution in [0, 0.1) is 5.92 Å². The molecule has 0 bridgehead atoms. The monoisotopic (exact) mass is 299 g/mol. The Morgan fingerprint density at radius 2 is 2.00 bits per heavy atom. The summed E-state index contributed by atoms with van der Waals surface area (Å²) >= 11 is 0. The Labute approximate surface area is 130 Å². The molecule has 6 nitrogen and oxygen atoms in total. The second-order valence-corrected chi connectivity index (χ2v) is 6.20. The van der Waals surface area contributed by atoms with Gasteiger partial charge in [-0.2, -0.15) is 5.10 Å². The molecule has 0 amide bonds. The zero-order chi connectivity index (χ0) is 14.8. The Bertz CT molecular complexity index is 610. The topological polar surface area (TPSA) is 56.1 Å². The first-order valence-electron chi connectivity index (χ1n) is 8.03. The van der Waals surface area contributed by atoms with Gasteiger partial charge in [-0.05, 0) is 37.3 Å². The molecule has 0 N–H and O–H groups in total. The van der Waals surface area contributed by atoms with Crippen molar-refractivity contribution in [3.8, 4) is 6.01 Å². The maximum absolute atomic E-state index is 5.82. The Morgan fingerprint density at radius 3 is 2.82 bits per heavy atom. The molecule has 0 saturated heterocycles. The summed E-state index contributed by atoms with van der Waals surface area (Å²) in [5, 5.41) is 4.42. The van der Waals surface area contributed by atoms with Crippen LogP contribution in [-0.2, 0) is 13.1 Å². The van der Waals surface area contributed by atoms with E-state index >= 15 is 0 Å². The lowest BCUT2D eigenvalue weighted by Gasteiger charge is -2.29. The molecule has 0 spiro atoms. The van der Waals surface area contributed by atoms with Crippen molar-refractivity contribution in [3.05, 3.63) is 36.4 Å². The first kappa shape index (κ1) is 13.7. The van der Waals surface area contributed by atoms with Crippen LogP contribution in [-0.4, -0.2) is 43.8 Å². The molecule has 1 fully saturated rings. The van der Waals surface area contributed by atoms with Crippen LogP contribution >= 0.6 is 0 Å². The van der Waals surface area contributed by atoms with Gasteiger partial charge in [-0.3, -0.25) is 9.58 Å². The molecule has 1 unspecified atom stereocenters. The quantitative estimate of drug-likeness (QED) is 0.841. The Morgan fingerprint density at radius 1 is 1.14 bits per heavy atom. The number of ether oxygens (including phenoxy) is 1. The van der Waals surface area contributed by atoms with Gasteiger partial charge in [-0.15, -0.1) is 0 Å². The molecule has 4 rings (SSSR count). The molecule has 116 valence electrons. The molecule has 2 aromatic heterocycles. The molecule has 2 aromatic rings. The second-order valence-electron chi connectivity index (χ2n) is 6.20. The normalized spacial score (nSPS) is 22.1. The van der Waals surface area contributed by atoms with Crippen LogP contribution in [0.1, 0.15) is 25.0 Å². The minimum atomic E-state index is 0.395. The standard InChI is InChI=1S/C16H21N5O/c1-6-17-16(18-7-1)22-12-15-5-9-21-14(4-8-19-21)11-20(15)10-13-2-3-13/h1,4,6-8,13,15H,2-3,5,9-12H2. The van der Waals surface area contributed by atoms with Crippen LogP contribution in [0.3, 0.4) is 0 Å². The van der Waals surface area contributed by atoms with Gasteiger partial charge in [0.1, 0.15) is 6.61 Å². The van der Waals surface area contributed by atoms with E-state index < -0.39 is 0 Å². The Kier molecular flexibility index (Phi) is 3.76. The highest BCUT2D eigenvalue weighted by Gasteiger charge is 2.31. The first-order valence-corrected chi connectivity index (χ1v) is 8.03. The van der Waals surface area contributed by atoms with E-state index in [4.69, 9.17) is 4.74 Å². The van der Waals surface area contributed by atoms with Crippen molar-refractivity contribution in [2.45, 2.75) is 38.4 Å².